The van der Waals surface area contributed by atoms with Crippen LogP contribution >= 0.6 is 0 Å². The van der Waals surface area contributed by atoms with E-state index in [0.29, 0.717) is 44.0 Å². The molecule has 8 nitrogen and oxygen atoms in total. The van der Waals surface area contributed by atoms with Gasteiger partial charge < -0.3 is 19.4 Å². The van der Waals surface area contributed by atoms with Gasteiger partial charge in [0.25, 0.3) is 0 Å². The Hall–Kier alpha value is -2.75. The number of aryl methyl sites for hydroxylation is 1. The third-order valence-electron chi connectivity index (χ3n) is 4.97. The highest BCUT2D eigenvalue weighted by atomic mass is 32.2. The number of nitrogens with zero attached hydrogens (tertiary/aromatic N) is 2. The van der Waals surface area contributed by atoms with E-state index in [4.69, 9.17) is 9.15 Å². The van der Waals surface area contributed by atoms with Crippen molar-refractivity contribution in [2.75, 3.05) is 25.4 Å². The van der Waals surface area contributed by atoms with Gasteiger partial charge in [-0.3, -0.25) is 9.00 Å². The fraction of sp³-hybridized carbons (Fsp3) is 0.476. The van der Waals surface area contributed by atoms with Crippen molar-refractivity contribution < 1.29 is 27.3 Å². The third-order valence-corrected chi connectivity index (χ3v) is 6.15. The standard InChI is InChI=1S/C21H26FN3O5S/c1-3-29-21(27)25-10-8-15(9-11-25)23-19(26)13-31(28)12-18-14(2)30-20(24-18)16-6-4-5-7-17(16)22/h4-7,15H,3,8-13H2,1-2H3,(H,23,26)/t31-/m1/s1. The number of ether oxygens (including phenoxy) is 1. The van der Waals surface area contributed by atoms with Gasteiger partial charge in [-0.2, -0.15) is 0 Å². The van der Waals surface area contributed by atoms with Crippen molar-refractivity contribution in [3.63, 3.8) is 0 Å². The molecule has 1 aliphatic heterocycles. The fourth-order valence-electron chi connectivity index (χ4n) is 3.35. The van der Waals surface area contributed by atoms with E-state index in [9.17, 15) is 18.2 Å². The van der Waals surface area contributed by atoms with Crippen molar-refractivity contribution in [3.05, 3.63) is 41.5 Å². The van der Waals surface area contributed by atoms with E-state index in [1.165, 1.54) is 6.07 Å². The normalized spacial score (nSPS) is 15.5. The first-order valence-corrected chi connectivity index (χ1v) is 11.6. The minimum absolute atomic E-state index is 0.0402. The average Bonchev–Trinajstić information content (AvgIpc) is 3.08. The Bertz CT molecular complexity index is 956. The highest BCUT2D eigenvalue weighted by molar-refractivity contribution is 7.84. The third kappa shape index (κ3) is 6.13. The number of carbonyl (C=O) groups is 2. The number of nitrogens with one attached hydrogen (secondary N) is 1. The van der Waals surface area contributed by atoms with Crippen LogP contribution in [-0.2, 0) is 26.1 Å². The fourth-order valence-corrected chi connectivity index (χ4v) is 4.40. The molecule has 0 bridgehead atoms. The largest absolute Gasteiger partial charge is 0.450 e. The van der Waals surface area contributed by atoms with Gasteiger partial charge in [-0.15, -0.1) is 0 Å². The van der Waals surface area contributed by atoms with Gasteiger partial charge in [0.2, 0.25) is 11.8 Å². The summed E-state index contributed by atoms with van der Waals surface area (Å²) in [5, 5.41) is 2.88. The van der Waals surface area contributed by atoms with E-state index in [-0.39, 0.29) is 41.0 Å². The number of hydrogen-bond acceptors (Lipinski definition) is 6. The molecule has 0 aliphatic carbocycles. The van der Waals surface area contributed by atoms with Gasteiger partial charge in [0.1, 0.15) is 17.3 Å². The maximum Gasteiger partial charge on any atom is 0.409 e. The molecule has 2 aromatic rings. The van der Waals surface area contributed by atoms with Crippen molar-refractivity contribution in [1.29, 1.82) is 0 Å². The van der Waals surface area contributed by atoms with E-state index >= 15 is 0 Å². The lowest BCUT2D eigenvalue weighted by Gasteiger charge is -2.31. The molecule has 31 heavy (non-hydrogen) atoms. The van der Waals surface area contributed by atoms with Crippen LogP contribution in [0, 0.1) is 12.7 Å². The van der Waals surface area contributed by atoms with Gasteiger partial charge in [0.15, 0.2) is 0 Å². The first-order chi connectivity index (χ1) is 14.9. The summed E-state index contributed by atoms with van der Waals surface area (Å²) in [6.45, 7) is 4.76. The first kappa shape index (κ1) is 22.9. The number of rotatable bonds is 7. The second kappa shape index (κ2) is 10.5. The highest BCUT2D eigenvalue weighted by Crippen LogP contribution is 2.24. The number of likely N-dealkylation sites (tertiary alicyclic amines) is 1. The second-order valence-electron chi connectivity index (χ2n) is 7.26. The molecule has 1 aromatic heterocycles. The van der Waals surface area contributed by atoms with Crippen molar-refractivity contribution in [1.82, 2.24) is 15.2 Å². The zero-order valence-electron chi connectivity index (χ0n) is 17.6. The molecule has 0 radical (unpaired) electrons. The molecule has 168 valence electrons. The molecule has 1 aliphatic rings. The van der Waals surface area contributed by atoms with Gasteiger partial charge in [-0.05, 0) is 38.8 Å². The lowest BCUT2D eigenvalue weighted by Crippen LogP contribution is -2.47. The number of oxazole rings is 1. The minimum Gasteiger partial charge on any atom is -0.450 e. The average molecular weight is 452 g/mol. The predicted molar refractivity (Wildman–Crippen MR) is 113 cm³/mol. The summed E-state index contributed by atoms with van der Waals surface area (Å²) in [5.41, 5.74) is 0.668. The van der Waals surface area contributed by atoms with Gasteiger partial charge in [0.05, 0.1) is 23.6 Å². The molecule has 2 heterocycles. The molecule has 3 rings (SSSR count). The minimum atomic E-state index is -1.49. The number of piperidine rings is 1. The lowest BCUT2D eigenvalue weighted by molar-refractivity contribution is -0.119. The second-order valence-corrected chi connectivity index (χ2v) is 8.72. The van der Waals surface area contributed by atoms with Crippen molar-refractivity contribution in [2.24, 2.45) is 0 Å². The van der Waals surface area contributed by atoms with Crippen LogP contribution in [0.25, 0.3) is 11.5 Å². The van der Waals surface area contributed by atoms with Crippen molar-refractivity contribution in [2.45, 2.75) is 38.5 Å². The number of hydrogen-bond donors (Lipinski definition) is 1. The number of amides is 2. The summed E-state index contributed by atoms with van der Waals surface area (Å²) in [6, 6.07) is 6.05. The quantitative estimate of drug-likeness (QED) is 0.695. The summed E-state index contributed by atoms with van der Waals surface area (Å²) >= 11 is 0. The topological polar surface area (TPSA) is 102 Å². The number of halogens is 1. The van der Waals surface area contributed by atoms with Crippen LogP contribution in [0.4, 0.5) is 9.18 Å². The summed E-state index contributed by atoms with van der Waals surface area (Å²) < 4.78 is 36.9. The Balaban J connectivity index is 1.49. The van der Waals surface area contributed by atoms with Gasteiger partial charge in [-0.1, -0.05) is 12.1 Å². The van der Waals surface area contributed by atoms with Crippen LogP contribution in [0.5, 0.6) is 0 Å². The van der Waals surface area contributed by atoms with Crippen LogP contribution in [0.2, 0.25) is 0 Å². The maximum atomic E-state index is 13.9. The van der Waals surface area contributed by atoms with Crippen LogP contribution in [-0.4, -0.2) is 57.6 Å². The number of carbonyl (C=O) groups excluding carboxylic acids is 2. The molecule has 1 N–H and O–H groups in total. The Morgan fingerprint density at radius 3 is 2.71 bits per heavy atom. The molecule has 1 saturated heterocycles. The van der Waals surface area contributed by atoms with Gasteiger partial charge in [-0.25, -0.2) is 14.2 Å². The van der Waals surface area contributed by atoms with E-state index in [1.54, 1.807) is 36.9 Å². The SMILES string of the molecule is CCOC(=O)N1CCC(NC(=O)C[S@](=O)Cc2nc(-c3ccccc3F)oc2C)CC1. The Labute approximate surface area is 182 Å². The molecule has 0 unspecified atom stereocenters. The number of aromatic nitrogens is 1. The summed E-state index contributed by atoms with van der Waals surface area (Å²) in [5.74, 6) is -0.329. The highest BCUT2D eigenvalue weighted by Gasteiger charge is 2.25. The van der Waals surface area contributed by atoms with E-state index in [2.05, 4.69) is 10.3 Å². The molecule has 0 spiro atoms. The first-order valence-electron chi connectivity index (χ1n) is 10.1. The molecule has 2 amide bonds. The van der Waals surface area contributed by atoms with Gasteiger partial charge in [0, 0.05) is 29.9 Å². The Morgan fingerprint density at radius 1 is 1.32 bits per heavy atom. The summed E-state index contributed by atoms with van der Waals surface area (Å²) in [6.07, 6.45) is 0.892. The monoisotopic (exact) mass is 451 g/mol. The maximum absolute atomic E-state index is 13.9. The van der Waals surface area contributed by atoms with Gasteiger partial charge >= 0.3 is 6.09 Å². The van der Waals surface area contributed by atoms with Crippen LogP contribution in [0.3, 0.4) is 0 Å². The van der Waals surface area contributed by atoms with Crippen molar-refractivity contribution in [3.8, 4) is 11.5 Å². The predicted octanol–water partition coefficient (Wildman–Crippen LogP) is 2.77. The van der Waals surface area contributed by atoms with E-state index in [0.717, 1.165) is 0 Å². The Kier molecular flexibility index (Phi) is 7.78. The van der Waals surface area contributed by atoms with E-state index in [1.807, 2.05) is 0 Å². The molecule has 1 aromatic carbocycles. The lowest BCUT2D eigenvalue weighted by atomic mass is 10.1. The molecule has 10 heteroatoms. The molecular formula is C21H26FN3O5S. The number of benzene rings is 1. The zero-order chi connectivity index (χ0) is 22.4. The molecule has 1 atom stereocenters. The van der Waals surface area contributed by atoms with E-state index < -0.39 is 16.6 Å². The molecule has 1 fully saturated rings. The van der Waals surface area contributed by atoms with Crippen LogP contribution in [0.1, 0.15) is 31.2 Å². The molecule has 0 saturated carbocycles. The summed E-state index contributed by atoms with van der Waals surface area (Å²) in [7, 11) is -1.49. The summed E-state index contributed by atoms with van der Waals surface area (Å²) in [4.78, 5) is 29.9. The van der Waals surface area contributed by atoms with Crippen LogP contribution in [0.15, 0.2) is 28.7 Å². The molecular weight excluding hydrogens is 425 g/mol. The van der Waals surface area contributed by atoms with Crippen molar-refractivity contribution >= 4 is 22.8 Å². The zero-order valence-corrected chi connectivity index (χ0v) is 18.4. The van der Waals surface area contributed by atoms with Crippen LogP contribution < -0.4 is 5.32 Å². The Morgan fingerprint density at radius 2 is 2.03 bits per heavy atom. The smallest absolute Gasteiger partial charge is 0.409 e.